The predicted octanol–water partition coefficient (Wildman–Crippen LogP) is 4.60. The maximum Gasteiger partial charge on any atom is 0.143 e. The molecule has 2 rings (SSSR count). The molecule has 3 N–H and O–H groups in total. The van der Waals surface area contributed by atoms with Crippen LogP contribution in [0.3, 0.4) is 0 Å². The summed E-state index contributed by atoms with van der Waals surface area (Å²) in [7, 11) is 1.60. The third kappa shape index (κ3) is 3.39. The van der Waals surface area contributed by atoms with Gasteiger partial charge >= 0.3 is 0 Å². The molecule has 110 valence electrons. The van der Waals surface area contributed by atoms with Crippen LogP contribution in [0.2, 0.25) is 0 Å². The molecule has 0 aliphatic carbocycles. The lowest BCUT2D eigenvalue weighted by atomic mass is 10.1. The van der Waals surface area contributed by atoms with Crippen LogP contribution in [-0.2, 0) is 0 Å². The van der Waals surface area contributed by atoms with Crippen molar-refractivity contribution in [1.29, 1.82) is 5.41 Å². The van der Waals surface area contributed by atoms with Gasteiger partial charge in [-0.3, -0.25) is 5.41 Å². The van der Waals surface area contributed by atoms with E-state index < -0.39 is 0 Å². The van der Waals surface area contributed by atoms with Gasteiger partial charge in [0.2, 0.25) is 0 Å². The van der Waals surface area contributed by atoms with Gasteiger partial charge in [-0.05, 0) is 62.5 Å². The quantitative estimate of drug-likeness (QED) is 0.568. The van der Waals surface area contributed by atoms with Crippen LogP contribution in [0.1, 0.15) is 11.1 Å². The third-order valence-electron chi connectivity index (χ3n) is 2.92. The van der Waals surface area contributed by atoms with Crippen LogP contribution >= 0.6 is 31.9 Å². The van der Waals surface area contributed by atoms with Crippen molar-refractivity contribution in [3.8, 4) is 17.2 Å². The van der Waals surface area contributed by atoms with Gasteiger partial charge in [-0.15, -0.1) is 0 Å². The third-order valence-corrected chi connectivity index (χ3v) is 4.16. The first kappa shape index (κ1) is 15.9. The smallest absolute Gasteiger partial charge is 0.143 e. The molecular weight excluding hydrogens is 400 g/mol. The minimum absolute atomic E-state index is 0.0302. The fraction of sp³-hybridized carbons (Fsp3) is 0.133. The van der Waals surface area contributed by atoms with Crippen molar-refractivity contribution < 1.29 is 9.47 Å². The van der Waals surface area contributed by atoms with Gasteiger partial charge in [0, 0.05) is 0 Å². The number of methoxy groups -OCH3 is 1. The maximum absolute atomic E-state index is 7.66. The summed E-state index contributed by atoms with van der Waals surface area (Å²) < 4.78 is 12.7. The normalized spacial score (nSPS) is 10.3. The summed E-state index contributed by atoms with van der Waals surface area (Å²) >= 11 is 6.88. The molecule has 0 aliphatic heterocycles. The van der Waals surface area contributed by atoms with E-state index in [-0.39, 0.29) is 5.84 Å². The average molecular weight is 414 g/mol. The Balaban J connectivity index is 2.48. The number of hydrogen-bond acceptors (Lipinski definition) is 3. The SMILES string of the molecule is COc1cc(Br)c(Oc2c(C)cccc2C(=N)N)cc1Br. The standard InChI is InChI=1S/C15H14Br2N2O2/c1-8-4-3-5-9(15(18)19)14(8)21-13-7-10(16)12(20-2)6-11(13)17/h3-7H,1-2H3,(H3,18,19). The molecule has 0 amide bonds. The van der Waals surface area contributed by atoms with Crippen LogP contribution in [-0.4, -0.2) is 12.9 Å². The van der Waals surface area contributed by atoms with Crippen LogP contribution in [0.15, 0.2) is 39.3 Å². The molecule has 0 aliphatic rings. The molecule has 0 saturated heterocycles. The summed E-state index contributed by atoms with van der Waals surface area (Å²) in [6, 6.07) is 9.13. The molecule has 6 heteroatoms. The number of halogens is 2. The minimum atomic E-state index is -0.0302. The lowest BCUT2D eigenvalue weighted by molar-refractivity contribution is 0.409. The lowest BCUT2D eigenvalue weighted by Crippen LogP contribution is -2.12. The van der Waals surface area contributed by atoms with Crippen LogP contribution in [0, 0.1) is 12.3 Å². The highest BCUT2D eigenvalue weighted by Crippen LogP contribution is 2.39. The van der Waals surface area contributed by atoms with E-state index in [1.54, 1.807) is 19.2 Å². The molecule has 0 unspecified atom stereocenters. The zero-order valence-electron chi connectivity index (χ0n) is 11.5. The molecule has 2 aromatic carbocycles. The molecule has 0 aromatic heterocycles. The molecule has 0 bridgehead atoms. The maximum atomic E-state index is 7.66. The molecule has 21 heavy (non-hydrogen) atoms. The number of nitrogen functional groups attached to an aromatic ring is 1. The van der Waals surface area contributed by atoms with Crippen molar-refractivity contribution in [1.82, 2.24) is 0 Å². The van der Waals surface area contributed by atoms with Crippen molar-refractivity contribution in [3.63, 3.8) is 0 Å². The number of hydrogen-bond donors (Lipinski definition) is 2. The largest absolute Gasteiger partial charge is 0.496 e. The molecule has 0 fully saturated rings. The van der Waals surface area contributed by atoms with E-state index in [1.807, 2.05) is 25.1 Å². The average Bonchev–Trinajstić information content (AvgIpc) is 2.44. The van der Waals surface area contributed by atoms with Gasteiger partial charge in [-0.1, -0.05) is 12.1 Å². The van der Waals surface area contributed by atoms with Crippen molar-refractivity contribution in [3.05, 3.63) is 50.4 Å². The number of para-hydroxylation sites is 1. The van der Waals surface area contributed by atoms with Gasteiger partial charge < -0.3 is 15.2 Å². The number of nitrogens with two attached hydrogens (primary N) is 1. The summed E-state index contributed by atoms with van der Waals surface area (Å²) in [4.78, 5) is 0. The van der Waals surface area contributed by atoms with Crippen LogP contribution in [0.4, 0.5) is 0 Å². The first-order chi connectivity index (χ1) is 9.93. The van der Waals surface area contributed by atoms with E-state index >= 15 is 0 Å². The van der Waals surface area contributed by atoms with Gasteiger partial charge in [0.1, 0.15) is 23.1 Å². The zero-order valence-corrected chi connectivity index (χ0v) is 14.7. The highest BCUT2D eigenvalue weighted by Gasteiger charge is 2.14. The summed E-state index contributed by atoms with van der Waals surface area (Å²) in [5.74, 6) is 1.85. The Morgan fingerprint density at radius 3 is 2.38 bits per heavy atom. The Bertz CT molecular complexity index is 702. The predicted molar refractivity (Wildman–Crippen MR) is 90.7 cm³/mol. The van der Waals surface area contributed by atoms with Crippen LogP contribution < -0.4 is 15.2 Å². The topological polar surface area (TPSA) is 68.3 Å². The number of nitrogens with one attached hydrogen (secondary N) is 1. The summed E-state index contributed by atoms with van der Waals surface area (Å²) in [6.45, 7) is 1.91. The summed E-state index contributed by atoms with van der Waals surface area (Å²) in [6.07, 6.45) is 0. The fourth-order valence-corrected chi connectivity index (χ4v) is 2.74. The fourth-order valence-electron chi connectivity index (χ4n) is 1.85. The number of rotatable bonds is 4. The van der Waals surface area contributed by atoms with E-state index in [1.165, 1.54) is 0 Å². The van der Waals surface area contributed by atoms with E-state index in [0.717, 1.165) is 14.5 Å². The Labute approximate surface area is 140 Å². The van der Waals surface area contributed by atoms with Gasteiger partial charge in [0.25, 0.3) is 0 Å². The van der Waals surface area contributed by atoms with E-state index in [4.69, 9.17) is 20.6 Å². The number of ether oxygens (including phenoxy) is 2. The van der Waals surface area contributed by atoms with Crippen molar-refractivity contribution in [2.45, 2.75) is 6.92 Å². The monoisotopic (exact) mass is 412 g/mol. The second-order valence-electron chi connectivity index (χ2n) is 4.38. The van der Waals surface area contributed by atoms with Gasteiger partial charge in [-0.2, -0.15) is 0 Å². The second-order valence-corrected chi connectivity index (χ2v) is 6.09. The molecule has 0 heterocycles. The summed E-state index contributed by atoms with van der Waals surface area (Å²) in [5.41, 5.74) is 7.08. The molecule has 0 atom stereocenters. The molecule has 0 saturated carbocycles. The molecular formula is C15H14Br2N2O2. The molecule has 2 aromatic rings. The molecule has 0 radical (unpaired) electrons. The number of aryl methyl sites for hydroxylation is 1. The number of benzene rings is 2. The highest BCUT2D eigenvalue weighted by atomic mass is 79.9. The van der Waals surface area contributed by atoms with Crippen LogP contribution in [0.5, 0.6) is 17.2 Å². The van der Waals surface area contributed by atoms with Gasteiger partial charge in [0.15, 0.2) is 0 Å². The van der Waals surface area contributed by atoms with Gasteiger partial charge in [0.05, 0.1) is 21.6 Å². The van der Waals surface area contributed by atoms with E-state index in [0.29, 0.717) is 22.8 Å². The minimum Gasteiger partial charge on any atom is -0.496 e. The van der Waals surface area contributed by atoms with Gasteiger partial charge in [-0.25, -0.2) is 0 Å². The molecule has 0 spiro atoms. The Morgan fingerprint density at radius 2 is 1.76 bits per heavy atom. The van der Waals surface area contributed by atoms with E-state index in [9.17, 15) is 0 Å². The van der Waals surface area contributed by atoms with Crippen molar-refractivity contribution in [2.24, 2.45) is 5.73 Å². The second kappa shape index (κ2) is 6.49. The molecule has 4 nitrogen and oxygen atoms in total. The lowest BCUT2D eigenvalue weighted by Gasteiger charge is -2.15. The highest BCUT2D eigenvalue weighted by molar-refractivity contribution is 9.11. The van der Waals surface area contributed by atoms with E-state index in [2.05, 4.69) is 31.9 Å². The number of amidine groups is 1. The Hall–Kier alpha value is -1.53. The summed E-state index contributed by atoms with van der Waals surface area (Å²) in [5, 5.41) is 7.66. The Kier molecular flexibility index (Phi) is 4.90. The van der Waals surface area contributed by atoms with Crippen LogP contribution in [0.25, 0.3) is 0 Å². The zero-order chi connectivity index (χ0) is 15.6. The van der Waals surface area contributed by atoms with Crippen molar-refractivity contribution >= 4 is 37.7 Å². The first-order valence-corrected chi connectivity index (χ1v) is 7.67. The Morgan fingerprint density at radius 1 is 1.14 bits per heavy atom. The van der Waals surface area contributed by atoms with Crippen molar-refractivity contribution in [2.75, 3.05) is 7.11 Å². The first-order valence-electron chi connectivity index (χ1n) is 6.09.